The van der Waals surface area contributed by atoms with E-state index in [2.05, 4.69) is 31.9 Å². The molecule has 0 heterocycles. The summed E-state index contributed by atoms with van der Waals surface area (Å²) in [5.74, 6) is -1.70. The van der Waals surface area contributed by atoms with E-state index in [-0.39, 0.29) is 36.8 Å². The van der Waals surface area contributed by atoms with Crippen LogP contribution in [0.2, 0.25) is 0 Å². The molecule has 0 radical (unpaired) electrons. The first-order chi connectivity index (χ1) is 23.6. The molecule has 3 aromatic carbocycles. The SMILES string of the molecule is CC(C)OC(=O)CCCC=CC[C@@H]1[C@@H](C=CC(=O)COc2ccccc2)[C@H](OC(=O)c2ccc(Br)cc2)C[C@@H]1OC(=O)c1ccc(Br)cc1. The first-order valence-corrected chi connectivity index (χ1v) is 17.8. The molecular formula is C39H40Br2O8. The molecule has 1 fully saturated rings. The van der Waals surface area contributed by atoms with Crippen molar-refractivity contribution in [2.24, 2.45) is 11.8 Å². The monoisotopic (exact) mass is 794 g/mol. The van der Waals surface area contributed by atoms with Crippen LogP contribution in [0.25, 0.3) is 0 Å². The molecule has 0 aromatic heterocycles. The highest BCUT2D eigenvalue weighted by Crippen LogP contribution is 2.41. The van der Waals surface area contributed by atoms with Gasteiger partial charge >= 0.3 is 17.9 Å². The molecule has 0 saturated heterocycles. The van der Waals surface area contributed by atoms with Gasteiger partial charge in [-0.05, 0) is 99.8 Å². The molecule has 258 valence electrons. The van der Waals surface area contributed by atoms with Crippen molar-refractivity contribution in [3.05, 3.63) is 123 Å². The van der Waals surface area contributed by atoms with Crippen LogP contribution in [0.3, 0.4) is 0 Å². The topological polar surface area (TPSA) is 105 Å². The molecule has 0 spiro atoms. The van der Waals surface area contributed by atoms with E-state index in [1.807, 2.05) is 44.2 Å². The lowest BCUT2D eigenvalue weighted by atomic mass is 9.89. The third-order valence-electron chi connectivity index (χ3n) is 7.86. The molecule has 0 unspecified atom stereocenters. The molecule has 4 rings (SSSR count). The second-order valence-corrected chi connectivity index (χ2v) is 13.8. The Morgan fingerprint density at radius 2 is 1.39 bits per heavy atom. The van der Waals surface area contributed by atoms with E-state index < -0.39 is 30.1 Å². The van der Waals surface area contributed by atoms with Gasteiger partial charge in [0, 0.05) is 33.6 Å². The highest BCUT2D eigenvalue weighted by Gasteiger charge is 2.45. The van der Waals surface area contributed by atoms with Crippen molar-refractivity contribution >= 4 is 55.6 Å². The van der Waals surface area contributed by atoms with Gasteiger partial charge < -0.3 is 18.9 Å². The predicted octanol–water partition coefficient (Wildman–Crippen LogP) is 8.87. The third-order valence-corrected chi connectivity index (χ3v) is 8.92. The fourth-order valence-corrected chi connectivity index (χ4v) is 6.03. The van der Waals surface area contributed by atoms with Gasteiger partial charge in [-0.25, -0.2) is 9.59 Å². The van der Waals surface area contributed by atoms with Crippen LogP contribution >= 0.6 is 31.9 Å². The molecule has 1 aliphatic carbocycles. The highest BCUT2D eigenvalue weighted by atomic mass is 79.9. The molecule has 0 aliphatic heterocycles. The molecule has 10 heteroatoms. The van der Waals surface area contributed by atoms with E-state index >= 15 is 0 Å². The summed E-state index contributed by atoms with van der Waals surface area (Å²) in [5, 5.41) is 0. The maximum absolute atomic E-state index is 13.3. The van der Waals surface area contributed by atoms with Gasteiger partial charge in [0.25, 0.3) is 0 Å². The zero-order valence-corrected chi connectivity index (χ0v) is 30.6. The molecule has 3 aromatic rings. The molecule has 0 amide bonds. The minimum Gasteiger partial charge on any atom is -0.485 e. The summed E-state index contributed by atoms with van der Waals surface area (Å²) in [6.07, 6.45) is 8.02. The highest BCUT2D eigenvalue weighted by molar-refractivity contribution is 9.10. The number of allylic oxidation sites excluding steroid dienone is 2. The smallest absolute Gasteiger partial charge is 0.338 e. The number of unbranched alkanes of at least 4 members (excludes halogenated alkanes) is 1. The second kappa shape index (κ2) is 19.2. The van der Waals surface area contributed by atoms with Gasteiger partial charge in [-0.3, -0.25) is 9.59 Å². The fourth-order valence-electron chi connectivity index (χ4n) is 5.50. The Labute approximate surface area is 304 Å². The number of benzene rings is 3. The Bertz CT molecular complexity index is 1600. The van der Waals surface area contributed by atoms with E-state index in [1.165, 1.54) is 6.08 Å². The van der Waals surface area contributed by atoms with Crippen LogP contribution in [0.1, 0.15) is 66.7 Å². The van der Waals surface area contributed by atoms with Gasteiger partial charge in [-0.2, -0.15) is 0 Å². The second-order valence-electron chi connectivity index (χ2n) is 11.9. The van der Waals surface area contributed by atoms with Crippen LogP contribution in [0.5, 0.6) is 5.75 Å². The molecular weight excluding hydrogens is 756 g/mol. The summed E-state index contributed by atoms with van der Waals surface area (Å²) >= 11 is 6.78. The average molecular weight is 797 g/mol. The number of esters is 3. The van der Waals surface area contributed by atoms with Crippen LogP contribution in [-0.2, 0) is 23.8 Å². The first-order valence-electron chi connectivity index (χ1n) is 16.3. The third kappa shape index (κ3) is 12.4. The number of carbonyl (C=O) groups is 4. The Kier molecular flexibility index (Phi) is 14.8. The van der Waals surface area contributed by atoms with Crippen molar-refractivity contribution in [1.29, 1.82) is 0 Å². The van der Waals surface area contributed by atoms with E-state index in [1.54, 1.807) is 66.7 Å². The molecule has 4 atom stereocenters. The quantitative estimate of drug-likeness (QED) is 0.0466. The lowest BCUT2D eigenvalue weighted by Crippen LogP contribution is -2.26. The van der Waals surface area contributed by atoms with E-state index in [9.17, 15) is 19.2 Å². The number of carbonyl (C=O) groups excluding carboxylic acids is 4. The summed E-state index contributed by atoms with van der Waals surface area (Å²) in [5.41, 5.74) is 0.766. The van der Waals surface area contributed by atoms with Crippen LogP contribution in [-0.4, -0.2) is 48.6 Å². The average Bonchev–Trinajstić information content (AvgIpc) is 3.39. The summed E-state index contributed by atoms with van der Waals surface area (Å²) < 4.78 is 24.6. The first kappa shape index (κ1) is 37.8. The lowest BCUT2D eigenvalue weighted by Gasteiger charge is -2.23. The number of para-hydroxylation sites is 1. The van der Waals surface area contributed by atoms with Crippen molar-refractivity contribution < 1.29 is 38.1 Å². The molecule has 1 saturated carbocycles. The normalized spacial score (nSPS) is 18.9. The Hall–Kier alpha value is -4.02. The molecule has 0 N–H and O–H groups in total. The zero-order valence-electron chi connectivity index (χ0n) is 27.5. The molecule has 8 nitrogen and oxygen atoms in total. The van der Waals surface area contributed by atoms with Crippen molar-refractivity contribution in [3.8, 4) is 5.75 Å². The zero-order chi connectivity index (χ0) is 35.2. The number of hydrogen-bond donors (Lipinski definition) is 0. The van der Waals surface area contributed by atoms with Crippen LogP contribution in [0, 0.1) is 11.8 Å². The lowest BCUT2D eigenvalue weighted by molar-refractivity contribution is -0.147. The van der Waals surface area contributed by atoms with E-state index in [0.29, 0.717) is 42.6 Å². The van der Waals surface area contributed by atoms with Gasteiger partial charge in [-0.1, -0.05) is 68.3 Å². The van der Waals surface area contributed by atoms with E-state index in [4.69, 9.17) is 18.9 Å². The fraction of sp³-hybridized carbons (Fsp3) is 0.333. The standard InChI is InChI=1S/C39H40Br2O8/c1-26(2)47-37(43)13-9-4-3-8-12-33-34(23-22-31(42)25-46-32-10-6-5-7-11-32)36(49-39(45)28-16-20-30(41)21-17-28)24-35(33)48-38(44)27-14-18-29(40)19-15-27/h3,5-8,10-11,14-23,26,33-36H,4,9,12-13,24-25H2,1-2H3/t33-,34-,35+,36-/m1/s1. The summed E-state index contributed by atoms with van der Waals surface area (Å²) in [6, 6.07) is 22.8. The molecule has 0 bridgehead atoms. The van der Waals surface area contributed by atoms with Gasteiger partial charge in [0.05, 0.1) is 17.2 Å². The van der Waals surface area contributed by atoms with Crippen molar-refractivity contribution in [3.63, 3.8) is 0 Å². The Morgan fingerprint density at radius 3 is 1.98 bits per heavy atom. The van der Waals surface area contributed by atoms with Crippen LogP contribution < -0.4 is 4.74 Å². The maximum Gasteiger partial charge on any atom is 0.338 e. The van der Waals surface area contributed by atoms with E-state index in [0.717, 1.165) is 8.95 Å². The summed E-state index contributed by atoms with van der Waals surface area (Å²) in [6.45, 7) is 3.47. The van der Waals surface area contributed by atoms with Gasteiger partial charge in [0.15, 0.2) is 12.4 Å². The van der Waals surface area contributed by atoms with Crippen molar-refractivity contribution in [2.75, 3.05) is 6.61 Å². The summed E-state index contributed by atoms with van der Waals surface area (Å²) in [4.78, 5) is 51.4. The minimum absolute atomic E-state index is 0.157. The van der Waals surface area contributed by atoms with Crippen LogP contribution in [0.15, 0.2) is 112 Å². The summed E-state index contributed by atoms with van der Waals surface area (Å²) in [7, 11) is 0. The van der Waals surface area contributed by atoms with Gasteiger partial charge in [0.2, 0.25) is 0 Å². The predicted molar refractivity (Wildman–Crippen MR) is 193 cm³/mol. The number of ketones is 1. The Morgan fingerprint density at radius 1 is 0.796 bits per heavy atom. The number of halogens is 2. The van der Waals surface area contributed by atoms with Crippen molar-refractivity contribution in [2.45, 2.75) is 64.3 Å². The van der Waals surface area contributed by atoms with Crippen LogP contribution in [0.4, 0.5) is 0 Å². The maximum atomic E-state index is 13.3. The minimum atomic E-state index is -0.679. The largest absolute Gasteiger partial charge is 0.485 e. The number of ether oxygens (including phenoxy) is 4. The van der Waals surface area contributed by atoms with Crippen molar-refractivity contribution in [1.82, 2.24) is 0 Å². The molecule has 49 heavy (non-hydrogen) atoms. The molecule has 1 aliphatic rings. The Balaban J connectivity index is 1.54. The number of rotatable bonds is 16. The van der Waals surface area contributed by atoms with Gasteiger partial charge in [-0.15, -0.1) is 0 Å². The van der Waals surface area contributed by atoms with Gasteiger partial charge in [0.1, 0.15) is 18.0 Å². The number of hydrogen-bond acceptors (Lipinski definition) is 8.